The summed E-state index contributed by atoms with van der Waals surface area (Å²) in [6.45, 7) is 14.5. The second kappa shape index (κ2) is 6.74. The van der Waals surface area contributed by atoms with Crippen LogP contribution in [0, 0.1) is 5.41 Å². The summed E-state index contributed by atoms with van der Waals surface area (Å²) in [4.78, 5) is 0. The van der Waals surface area contributed by atoms with Gasteiger partial charge in [-0.1, -0.05) is 101 Å². The topological polar surface area (TPSA) is 0 Å². The zero-order valence-corrected chi connectivity index (χ0v) is 16.5. The second-order valence-corrected chi connectivity index (χ2v) is 13.6. The lowest BCUT2D eigenvalue weighted by Gasteiger charge is -2.32. The molecule has 0 atom stereocenters. The van der Waals surface area contributed by atoms with E-state index in [1.54, 1.807) is 5.20 Å². The predicted molar refractivity (Wildman–Crippen MR) is 103 cm³/mol. The van der Waals surface area contributed by atoms with Gasteiger partial charge in [0.15, 0.2) is 0 Å². The molecule has 0 unspecified atom stereocenters. The Morgan fingerprint density at radius 2 is 1.68 bits per heavy atom. The normalized spacial score (nSPS) is 21.6. The molecule has 1 fully saturated rings. The van der Waals surface area contributed by atoms with E-state index < -0.39 is 8.07 Å². The molecule has 0 aliphatic heterocycles. The van der Waals surface area contributed by atoms with Crippen molar-refractivity contribution in [2.24, 2.45) is 5.41 Å². The van der Waals surface area contributed by atoms with Crippen LogP contribution in [0.1, 0.15) is 59.8 Å². The maximum atomic E-state index is 2.59. The van der Waals surface area contributed by atoms with Crippen molar-refractivity contribution in [1.29, 1.82) is 0 Å². The smallest absolute Gasteiger partial charge is 0.0802 e. The standard InChI is InChI=1S/C21H34Si/c1-17-10-9-11-18(21(2,3)4)16-20(15-14-17)22(5,6)19-12-7-8-13-19/h9,11,14-16,19H,7-8,10,12-13H2,1-6H3. The second-order valence-electron chi connectivity index (χ2n) is 8.79. The van der Waals surface area contributed by atoms with E-state index >= 15 is 0 Å². The first-order chi connectivity index (χ1) is 10.2. The van der Waals surface area contributed by atoms with Gasteiger partial charge in [-0.3, -0.25) is 0 Å². The van der Waals surface area contributed by atoms with Crippen LogP contribution in [0.25, 0.3) is 0 Å². The first-order valence-corrected chi connectivity index (χ1v) is 12.1. The van der Waals surface area contributed by atoms with Crippen molar-refractivity contribution in [2.45, 2.75) is 78.4 Å². The van der Waals surface area contributed by atoms with Crippen LogP contribution in [0.15, 0.2) is 46.7 Å². The fourth-order valence-electron chi connectivity index (χ4n) is 3.69. The number of hydrogen-bond acceptors (Lipinski definition) is 0. The lowest BCUT2D eigenvalue weighted by Crippen LogP contribution is -2.34. The molecule has 0 amide bonds. The third-order valence-electron chi connectivity index (χ3n) is 5.58. The van der Waals surface area contributed by atoms with E-state index in [1.165, 1.54) is 36.8 Å². The summed E-state index contributed by atoms with van der Waals surface area (Å²) in [5.41, 5.74) is 4.14. The number of allylic oxidation sites excluding steroid dienone is 8. The monoisotopic (exact) mass is 314 g/mol. The highest BCUT2D eigenvalue weighted by atomic mass is 28.3. The summed E-state index contributed by atoms with van der Waals surface area (Å²) >= 11 is 0. The molecule has 1 saturated carbocycles. The largest absolute Gasteiger partial charge is 0.0836 e. The van der Waals surface area contributed by atoms with E-state index in [4.69, 9.17) is 0 Å². The molecular formula is C21H34Si. The summed E-state index contributed by atoms with van der Waals surface area (Å²) < 4.78 is 0. The van der Waals surface area contributed by atoms with Gasteiger partial charge >= 0.3 is 0 Å². The van der Waals surface area contributed by atoms with Crippen LogP contribution >= 0.6 is 0 Å². The van der Waals surface area contributed by atoms with E-state index in [-0.39, 0.29) is 5.41 Å². The molecule has 0 N–H and O–H groups in total. The third kappa shape index (κ3) is 4.13. The minimum Gasteiger partial charge on any atom is -0.0802 e. The SMILES string of the molecule is CC1=CC=C([Si](C)(C)C2CCCC2)C=C(C(C)(C)C)C=CC1. The van der Waals surface area contributed by atoms with Gasteiger partial charge < -0.3 is 0 Å². The molecule has 0 aromatic heterocycles. The summed E-state index contributed by atoms with van der Waals surface area (Å²) in [5.74, 6) is 0. The van der Waals surface area contributed by atoms with Crippen molar-refractivity contribution in [3.63, 3.8) is 0 Å². The zero-order valence-electron chi connectivity index (χ0n) is 15.5. The van der Waals surface area contributed by atoms with Gasteiger partial charge in [0.2, 0.25) is 0 Å². The molecule has 2 rings (SSSR count). The highest BCUT2D eigenvalue weighted by Crippen LogP contribution is 2.43. The molecule has 0 spiro atoms. The maximum Gasteiger partial charge on any atom is 0.0836 e. The van der Waals surface area contributed by atoms with Crippen LogP contribution in [-0.2, 0) is 0 Å². The zero-order chi connectivity index (χ0) is 16.4. The third-order valence-corrected chi connectivity index (χ3v) is 10.00. The lowest BCUT2D eigenvalue weighted by molar-refractivity contribution is 0.516. The maximum absolute atomic E-state index is 2.59. The molecule has 1 heteroatoms. The fraction of sp³-hybridized carbons (Fsp3) is 0.619. The van der Waals surface area contributed by atoms with Crippen LogP contribution in [0.5, 0.6) is 0 Å². The molecule has 0 saturated heterocycles. The van der Waals surface area contributed by atoms with Crippen LogP contribution in [0.3, 0.4) is 0 Å². The van der Waals surface area contributed by atoms with Crippen LogP contribution in [0.2, 0.25) is 18.6 Å². The molecule has 122 valence electrons. The Morgan fingerprint density at radius 1 is 1.05 bits per heavy atom. The average Bonchev–Trinajstić information content (AvgIpc) is 2.95. The van der Waals surface area contributed by atoms with Crippen LogP contribution in [0.4, 0.5) is 0 Å². The molecule has 0 nitrogen and oxygen atoms in total. The van der Waals surface area contributed by atoms with Crippen molar-refractivity contribution in [1.82, 2.24) is 0 Å². The molecule has 0 radical (unpaired) electrons. The summed E-state index contributed by atoms with van der Waals surface area (Å²) in [6.07, 6.45) is 18.9. The minimum atomic E-state index is -1.39. The molecule has 0 heterocycles. The Kier molecular flexibility index (Phi) is 5.37. The van der Waals surface area contributed by atoms with Gasteiger partial charge in [0.05, 0.1) is 8.07 Å². The molecule has 2 aliphatic carbocycles. The Hall–Kier alpha value is -0.823. The summed E-state index contributed by atoms with van der Waals surface area (Å²) in [7, 11) is -1.39. The number of hydrogen-bond donors (Lipinski definition) is 0. The van der Waals surface area contributed by atoms with Gasteiger partial charge in [-0.05, 0) is 29.9 Å². The Bertz CT molecular complexity index is 515. The van der Waals surface area contributed by atoms with Crippen LogP contribution < -0.4 is 0 Å². The van der Waals surface area contributed by atoms with Gasteiger partial charge in [0.25, 0.3) is 0 Å². The predicted octanol–water partition coefficient (Wildman–Crippen LogP) is 6.98. The van der Waals surface area contributed by atoms with E-state index in [1.807, 2.05) is 0 Å². The van der Waals surface area contributed by atoms with Crippen molar-refractivity contribution in [2.75, 3.05) is 0 Å². The fourth-order valence-corrected chi connectivity index (χ4v) is 7.05. The van der Waals surface area contributed by atoms with Gasteiger partial charge in [0.1, 0.15) is 0 Å². The first-order valence-electron chi connectivity index (χ1n) is 8.98. The molecule has 0 bridgehead atoms. The highest BCUT2D eigenvalue weighted by Gasteiger charge is 2.36. The Balaban J connectivity index is 2.46. The van der Waals surface area contributed by atoms with Gasteiger partial charge in [-0.15, -0.1) is 0 Å². The van der Waals surface area contributed by atoms with Crippen LogP contribution in [-0.4, -0.2) is 8.07 Å². The highest BCUT2D eigenvalue weighted by molar-refractivity contribution is 6.86. The molecule has 2 aliphatic rings. The summed E-state index contributed by atoms with van der Waals surface area (Å²) in [5, 5.41) is 1.65. The molecule has 0 aromatic rings. The Labute approximate surface area is 139 Å². The van der Waals surface area contributed by atoms with Gasteiger partial charge in [-0.2, -0.15) is 0 Å². The van der Waals surface area contributed by atoms with Crippen molar-refractivity contribution in [3.05, 3.63) is 46.7 Å². The lowest BCUT2D eigenvalue weighted by atomic mass is 9.85. The van der Waals surface area contributed by atoms with Gasteiger partial charge in [-0.25, -0.2) is 0 Å². The Morgan fingerprint density at radius 3 is 2.27 bits per heavy atom. The quantitative estimate of drug-likeness (QED) is 0.482. The molecule has 22 heavy (non-hydrogen) atoms. The summed E-state index contributed by atoms with van der Waals surface area (Å²) in [6, 6.07) is 0. The van der Waals surface area contributed by atoms with Crippen molar-refractivity contribution >= 4 is 8.07 Å². The van der Waals surface area contributed by atoms with Crippen molar-refractivity contribution in [3.8, 4) is 0 Å². The molecule has 0 aromatic carbocycles. The molecular weight excluding hydrogens is 280 g/mol. The average molecular weight is 315 g/mol. The van der Waals surface area contributed by atoms with Gasteiger partial charge in [0, 0.05) is 0 Å². The minimum absolute atomic E-state index is 0.216. The number of rotatable bonds is 2. The van der Waals surface area contributed by atoms with E-state index in [0.29, 0.717) is 0 Å². The van der Waals surface area contributed by atoms with E-state index in [0.717, 1.165) is 12.0 Å². The van der Waals surface area contributed by atoms with E-state index in [2.05, 4.69) is 71.2 Å². The first kappa shape index (κ1) is 17.5. The van der Waals surface area contributed by atoms with Crippen molar-refractivity contribution < 1.29 is 0 Å². The van der Waals surface area contributed by atoms with E-state index in [9.17, 15) is 0 Å².